The van der Waals surface area contributed by atoms with Crippen LogP contribution >= 0.6 is 11.3 Å². The van der Waals surface area contributed by atoms with Crippen molar-refractivity contribution < 1.29 is 4.39 Å². The van der Waals surface area contributed by atoms with Crippen molar-refractivity contribution in [3.8, 4) is 21.6 Å². The molecule has 0 amide bonds. The molecule has 1 fully saturated rings. The van der Waals surface area contributed by atoms with E-state index in [0.717, 1.165) is 21.9 Å². The van der Waals surface area contributed by atoms with E-state index in [1.165, 1.54) is 36.1 Å². The van der Waals surface area contributed by atoms with Gasteiger partial charge < -0.3 is 0 Å². The Balaban J connectivity index is 1.56. The monoisotopic (exact) mass is 336 g/mol. The Morgan fingerprint density at radius 2 is 1.71 bits per heavy atom. The first-order valence-electron chi connectivity index (χ1n) is 8.65. The fourth-order valence-electron chi connectivity index (χ4n) is 3.34. The van der Waals surface area contributed by atoms with Gasteiger partial charge in [0.25, 0.3) is 0 Å². The van der Waals surface area contributed by atoms with Gasteiger partial charge in [0, 0.05) is 15.3 Å². The lowest BCUT2D eigenvalue weighted by molar-refractivity contribution is 0.314. The summed E-state index contributed by atoms with van der Waals surface area (Å²) >= 11 is 1.63. The molecule has 0 saturated heterocycles. The molecule has 1 aliphatic rings. The van der Waals surface area contributed by atoms with Gasteiger partial charge in [-0.05, 0) is 60.2 Å². The largest absolute Gasteiger partial charge is 0.206 e. The van der Waals surface area contributed by atoms with E-state index in [4.69, 9.17) is 0 Å². The fraction of sp³-hybridized carbons (Fsp3) is 0.273. The Hall–Kier alpha value is -1.93. The molecular formula is C22H21FS. The van der Waals surface area contributed by atoms with E-state index in [2.05, 4.69) is 24.3 Å². The van der Waals surface area contributed by atoms with Gasteiger partial charge in [-0.2, -0.15) is 0 Å². The van der Waals surface area contributed by atoms with E-state index in [9.17, 15) is 4.39 Å². The molecule has 24 heavy (non-hydrogen) atoms. The lowest BCUT2D eigenvalue weighted by Gasteiger charge is -2.25. The van der Waals surface area contributed by atoms with Crippen molar-refractivity contribution in [2.24, 2.45) is 5.92 Å². The maximum absolute atomic E-state index is 14.5. The molecule has 1 aliphatic carbocycles. The number of benzene rings is 2. The third-order valence-electron chi connectivity index (χ3n) is 5.01. The summed E-state index contributed by atoms with van der Waals surface area (Å²) in [6, 6.07) is 18.2. The number of hydrogen-bond acceptors (Lipinski definition) is 1. The van der Waals surface area contributed by atoms with Crippen LogP contribution in [0.1, 0.15) is 29.7 Å². The third kappa shape index (κ3) is 3.16. The third-order valence-corrected chi connectivity index (χ3v) is 6.05. The van der Waals surface area contributed by atoms with Crippen LogP contribution in [0.3, 0.4) is 0 Å². The summed E-state index contributed by atoms with van der Waals surface area (Å²) in [6.45, 7) is 2.05. The normalized spacial score (nSPS) is 14.6. The minimum absolute atomic E-state index is 0.145. The van der Waals surface area contributed by atoms with Crippen LogP contribution in [0.15, 0.2) is 54.6 Å². The van der Waals surface area contributed by atoms with Gasteiger partial charge >= 0.3 is 0 Å². The highest BCUT2D eigenvalue weighted by molar-refractivity contribution is 7.15. The summed E-state index contributed by atoms with van der Waals surface area (Å²) in [5.74, 6) is 0.731. The quantitative estimate of drug-likeness (QED) is 0.487. The van der Waals surface area contributed by atoms with E-state index >= 15 is 0 Å². The first kappa shape index (κ1) is 15.6. The molecule has 4 rings (SSSR count). The van der Waals surface area contributed by atoms with E-state index in [1.54, 1.807) is 17.4 Å². The molecule has 0 aliphatic heterocycles. The second kappa shape index (κ2) is 6.52. The summed E-state index contributed by atoms with van der Waals surface area (Å²) in [7, 11) is 0. The van der Waals surface area contributed by atoms with Gasteiger partial charge in [-0.15, -0.1) is 11.3 Å². The van der Waals surface area contributed by atoms with Gasteiger partial charge in [0.05, 0.1) is 0 Å². The highest BCUT2D eigenvalue weighted by Crippen LogP contribution is 2.33. The average Bonchev–Trinajstić information content (AvgIpc) is 2.98. The number of aryl methyl sites for hydroxylation is 1. The molecule has 0 unspecified atom stereocenters. The van der Waals surface area contributed by atoms with Crippen molar-refractivity contribution in [1.82, 2.24) is 0 Å². The molecule has 2 heteroatoms. The molecule has 122 valence electrons. The molecule has 0 radical (unpaired) electrons. The van der Waals surface area contributed by atoms with Crippen molar-refractivity contribution in [3.05, 3.63) is 70.9 Å². The van der Waals surface area contributed by atoms with Gasteiger partial charge in [-0.3, -0.25) is 0 Å². The molecular weight excluding hydrogens is 315 g/mol. The molecule has 1 aromatic heterocycles. The van der Waals surface area contributed by atoms with E-state index in [0.29, 0.717) is 5.56 Å². The van der Waals surface area contributed by atoms with Gasteiger partial charge in [0.1, 0.15) is 5.82 Å². The second-order valence-corrected chi connectivity index (χ2v) is 8.09. The van der Waals surface area contributed by atoms with E-state index in [-0.39, 0.29) is 5.82 Å². The predicted octanol–water partition coefficient (Wildman–Crippen LogP) is 6.87. The number of hydrogen-bond donors (Lipinski definition) is 0. The molecule has 0 bridgehead atoms. The summed E-state index contributed by atoms with van der Waals surface area (Å²) in [4.78, 5) is 2.20. The van der Waals surface area contributed by atoms with Crippen LogP contribution in [0.25, 0.3) is 21.6 Å². The lowest BCUT2D eigenvalue weighted by atomic mass is 9.81. The maximum atomic E-state index is 14.5. The Morgan fingerprint density at radius 3 is 2.29 bits per heavy atom. The number of halogens is 1. The van der Waals surface area contributed by atoms with Crippen LogP contribution in [0.5, 0.6) is 0 Å². The topological polar surface area (TPSA) is 0 Å². The second-order valence-electron chi connectivity index (χ2n) is 6.80. The Kier molecular flexibility index (Phi) is 4.24. The molecule has 0 atom stereocenters. The van der Waals surface area contributed by atoms with E-state index in [1.807, 2.05) is 31.2 Å². The first-order valence-corrected chi connectivity index (χ1v) is 9.46. The van der Waals surface area contributed by atoms with Crippen molar-refractivity contribution >= 4 is 11.3 Å². The molecule has 0 nitrogen and oxygen atoms in total. The minimum Gasteiger partial charge on any atom is -0.206 e. The number of rotatable bonds is 4. The smallest absolute Gasteiger partial charge is 0.132 e. The highest BCUT2D eigenvalue weighted by Gasteiger charge is 2.17. The zero-order chi connectivity index (χ0) is 16.5. The van der Waals surface area contributed by atoms with Crippen LogP contribution < -0.4 is 0 Å². The van der Waals surface area contributed by atoms with Gasteiger partial charge in [0.2, 0.25) is 0 Å². The highest BCUT2D eigenvalue weighted by atomic mass is 32.1. The van der Waals surface area contributed by atoms with Crippen LogP contribution in [0.2, 0.25) is 0 Å². The standard InChI is InChI=1S/C22H21FS/c1-15-5-12-22(24-15)20-11-10-19(14-21(20)23)18-8-6-17(7-9-18)13-16-3-2-4-16/h5-12,14,16H,2-4,13H2,1H3. The minimum atomic E-state index is -0.145. The SMILES string of the molecule is Cc1ccc(-c2ccc(-c3ccc(CC4CCC4)cc3)cc2F)s1. The molecule has 1 heterocycles. The van der Waals surface area contributed by atoms with Crippen LogP contribution in [-0.4, -0.2) is 0 Å². The first-order chi connectivity index (χ1) is 11.7. The Bertz CT molecular complexity index is 841. The van der Waals surface area contributed by atoms with Crippen molar-refractivity contribution in [3.63, 3.8) is 0 Å². The average molecular weight is 336 g/mol. The van der Waals surface area contributed by atoms with Gasteiger partial charge in [-0.25, -0.2) is 4.39 Å². The van der Waals surface area contributed by atoms with Crippen molar-refractivity contribution in [2.45, 2.75) is 32.6 Å². The molecule has 0 N–H and O–H groups in total. The summed E-state index contributed by atoms with van der Waals surface area (Å²) in [6.07, 6.45) is 5.32. The lowest BCUT2D eigenvalue weighted by Crippen LogP contribution is -2.13. The van der Waals surface area contributed by atoms with Crippen molar-refractivity contribution in [1.29, 1.82) is 0 Å². The Labute approximate surface area is 147 Å². The molecule has 0 spiro atoms. The van der Waals surface area contributed by atoms with Crippen molar-refractivity contribution in [2.75, 3.05) is 0 Å². The summed E-state index contributed by atoms with van der Waals surface area (Å²) in [5.41, 5.74) is 4.12. The van der Waals surface area contributed by atoms with Gasteiger partial charge in [0.15, 0.2) is 0 Å². The summed E-state index contributed by atoms with van der Waals surface area (Å²) < 4.78 is 14.5. The maximum Gasteiger partial charge on any atom is 0.132 e. The summed E-state index contributed by atoms with van der Waals surface area (Å²) in [5, 5.41) is 0. The fourth-order valence-corrected chi connectivity index (χ4v) is 4.23. The zero-order valence-electron chi connectivity index (χ0n) is 13.9. The van der Waals surface area contributed by atoms with Crippen LogP contribution in [0.4, 0.5) is 4.39 Å². The predicted molar refractivity (Wildman–Crippen MR) is 101 cm³/mol. The zero-order valence-corrected chi connectivity index (χ0v) is 14.7. The van der Waals surface area contributed by atoms with E-state index < -0.39 is 0 Å². The Morgan fingerprint density at radius 1 is 0.958 bits per heavy atom. The van der Waals surface area contributed by atoms with Crippen LogP contribution in [-0.2, 0) is 6.42 Å². The molecule has 2 aromatic carbocycles. The number of thiophene rings is 1. The van der Waals surface area contributed by atoms with Gasteiger partial charge in [-0.1, -0.05) is 49.6 Å². The molecule has 1 saturated carbocycles. The molecule has 3 aromatic rings. The van der Waals surface area contributed by atoms with Crippen LogP contribution in [0, 0.1) is 18.7 Å².